The fourth-order valence-corrected chi connectivity index (χ4v) is 2.05. The summed E-state index contributed by atoms with van der Waals surface area (Å²) in [6.45, 7) is -0.0625. The Morgan fingerprint density at radius 3 is 2.55 bits per heavy atom. The van der Waals surface area contributed by atoms with Gasteiger partial charge in [0.1, 0.15) is 11.6 Å². The number of benzene rings is 1. The van der Waals surface area contributed by atoms with Crippen LogP contribution in [0.3, 0.4) is 0 Å². The van der Waals surface area contributed by atoms with Crippen molar-refractivity contribution in [2.45, 2.75) is 12.8 Å². The summed E-state index contributed by atoms with van der Waals surface area (Å²) < 4.78 is 31.7. The largest absolute Gasteiger partial charge is 0.469 e. The lowest BCUT2D eigenvalue weighted by atomic mass is 10.1. The molecule has 2 rings (SSSR count). The molecule has 1 aromatic carbocycles. The predicted molar refractivity (Wildman–Crippen MR) is 64.3 cm³/mol. The van der Waals surface area contributed by atoms with Crippen molar-refractivity contribution in [3.05, 3.63) is 29.3 Å². The molecule has 20 heavy (non-hydrogen) atoms. The third-order valence-electron chi connectivity index (χ3n) is 3.00. The molecule has 0 atom stereocenters. The first kappa shape index (κ1) is 14.1. The van der Waals surface area contributed by atoms with Crippen molar-refractivity contribution in [1.29, 1.82) is 0 Å². The summed E-state index contributed by atoms with van der Waals surface area (Å²) in [6, 6.07) is 1.66. The Balaban J connectivity index is 2.25. The Morgan fingerprint density at radius 1 is 1.25 bits per heavy atom. The summed E-state index contributed by atoms with van der Waals surface area (Å²) in [5, 5.41) is 0. The number of carbonyl (C=O) groups is 3. The van der Waals surface area contributed by atoms with Crippen molar-refractivity contribution in [2.24, 2.45) is 0 Å². The van der Waals surface area contributed by atoms with Crippen LogP contribution in [-0.2, 0) is 14.3 Å². The first-order valence-corrected chi connectivity index (χ1v) is 5.88. The molecule has 0 unspecified atom stereocenters. The smallest absolute Gasteiger partial charge is 0.305 e. The van der Waals surface area contributed by atoms with Gasteiger partial charge in [-0.05, 0) is 18.6 Å². The Hall–Kier alpha value is -2.31. The molecule has 5 nitrogen and oxygen atoms in total. The fourth-order valence-electron chi connectivity index (χ4n) is 2.05. The van der Waals surface area contributed by atoms with Crippen molar-refractivity contribution in [2.75, 3.05) is 18.6 Å². The van der Waals surface area contributed by atoms with Crippen LogP contribution in [0.2, 0.25) is 0 Å². The first-order chi connectivity index (χ1) is 9.47. The lowest BCUT2D eigenvalue weighted by Gasteiger charge is -2.16. The van der Waals surface area contributed by atoms with Gasteiger partial charge in [-0.25, -0.2) is 8.78 Å². The molecular formula is C13H11F2NO4. The fraction of sp³-hybridized carbons (Fsp3) is 0.308. The van der Waals surface area contributed by atoms with E-state index in [1.165, 1.54) is 7.11 Å². The number of nitrogens with zero attached hydrogens (tertiary/aromatic N) is 1. The zero-order valence-electron chi connectivity index (χ0n) is 10.6. The van der Waals surface area contributed by atoms with E-state index in [0.29, 0.717) is 0 Å². The van der Waals surface area contributed by atoms with Crippen LogP contribution in [0.15, 0.2) is 12.1 Å². The molecule has 1 amide bonds. The van der Waals surface area contributed by atoms with Gasteiger partial charge in [0.2, 0.25) is 0 Å². The number of ether oxygens (including phenoxy) is 1. The van der Waals surface area contributed by atoms with E-state index < -0.39 is 34.9 Å². The molecule has 1 aromatic rings. The van der Waals surface area contributed by atoms with Crippen molar-refractivity contribution in [1.82, 2.24) is 0 Å². The maximum atomic E-state index is 13.7. The Labute approximate surface area is 113 Å². The molecule has 0 fully saturated rings. The van der Waals surface area contributed by atoms with Crippen LogP contribution in [0, 0.1) is 11.6 Å². The van der Waals surface area contributed by atoms with Crippen LogP contribution < -0.4 is 4.90 Å². The topological polar surface area (TPSA) is 63.7 Å². The van der Waals surface area contributed by atoms with Crippen molar-refractivity contribution >= 4 is 23.3 Å². The maximum absolute atomic E-state index is 13.7. The summed E-state index contributed by atoms with van der Waals surface area (Å²) in [5.74, 6) is -4.33. The lowest BCUT2D eigenvalue weighted by Crippen LogP contribution is -2.31. The molecule has 0 aromatic heterocycles. The highest BCUT2D eigenvalue weighted by Gasteiger charge is 2.40. The van der Waals surface area contributed by atoms with E-state index in [9.17, 15) is 23.2 Å². The first-order valence-electron chi connectivity index (χ1n) is 5.88. The summed E-state index contributed by atoms with van der Waals surface area (Å²) in [4.78, 5) is 35.2. The highest BCUT2D eigenvalue weighted by molar-refractivity contribution is 6.52. The van der Waals surface area contributed by atoms with E-state index in [1.807, 2.05) is 0 Å². The number of rotatable bonds is 4. The second kappa shape index (κ2) is 5.36. The van der Waals surface area contributed by atoms with E-state index in [1.54, 1.807) is 0 Å². The number of hydrogen-bond donors (Lipinski definition) is 0. The molecule has 1 heterocycles. The third kappa shape index (κ3) is 2.26. The average molecular weight is 283 g/mol. The number of fused-ring (bicyclic) bond motifs is 1. The Bertz CT molecular complexity index is 600. The summed E-state index contributed by atoms with van der Waals surface area (Å²) >= 11 is 0. The average Bonchev–Trinajstić information content (AvgIpc) is 2.68. The van der Waals surface area contributed by atoms with E-state index in [4.69, 9.17) is 0 Å². The molecule has 0 N–H and O–H groups in total. The molecule has 0 radical (unpaired) electrons. The van der Waals surface area contributed by atoms with Crippen LogP contribution in [0.4, 0.5) is 14.5 Å². The van der Waals surface area contributed by atoms with E-state index in [-0.39, 0.29) is 25.1 Å². The highest BCUT2D eigenvalue weighted by Crippen LogP contribution is 2.33. The zero-order chi connectivity index (χ0) is 14.9. The lowest BCUT2D eigenvalue weighted by molar-refractivity contribution is -0.140. The minimum atomic E-state index is -1.07. The van der Waals surface area contributed by atoms with Crippen LogP contribution in [0.25, 0.3) is 0 Å². The molecule has 1 aliphatic rings. The van der Waals surface area contributed by atoms with E-state index >= 15 is 0 Å². The van der Waals surface area contributed by atoms with Gasteiger partial charge in [0.25, 0.3) is 11.7 Å². The van der Waals surface area contributed by atoms with Gasteiger partial charge < -0.3 is 9.64 Å². The highest BCUT2D eigenvalue weighted by atomic mass is 19.1. The maximum Gasteiger partial charge on any atom is 0.305 e. The van der Waals surface area contributed by atoms with Gasteiger partial charge in [-0.3, -0.25) is 14.4 Å². The SMILES string of the molecule is COC(=O)CCCN1C(=O)C(=O)c2c(F)ccc(F)c21. The number of ketones is 1. The molecule has 1 aliphatic heterocycles. The summed E-state index contributed by atoms with van der Waals surface area (Å²) in [7, 11) is 1.22. The second-order valence-corrected chi connectivity index (χ2v) is 4.22. The minimum Gasteiger partial charge on any atom is -0.469 e. The Kier molecular flexibility index (Phi) is 3.78. The summed E-state index contributed by atoms with van der Waals surface area (Å²) in [6.07, 6.45) is 0.196. The zero-order valence-corrected chi connectivity index (χ0v) is 10.6. The van der Waals surface area contributed by atoms with Gasteiger partial charge in [0.15, 0.2) is 0 Å². The van der Waals surface area contributed by atoms with Crippen molar-refractivity contribution < 1.29 is 27.9 Å². The number of carbonyl (C=O) groups excluding carboxylic acids is 3. The molecule has 7 heteroatoms. The van der Waals surface area contributed by atoms with Gasteiger partial charge in [-0.2, -0.15) is 0 Å². The van der Waals surface area contributed by atoms with E-state index in [2.05, 4.69) is 4.74 Å². The van der Waals surface area contributed by atoms with Gasteiger partial charge >= 0.3 is 5.97 Å². The third-order valence-corrected chi connectivity index (χ3v) is 3.00. The number of methoxy groups -OCH3 is 1. The normalized spacial score (nSPS) is 13.7. The van der Waals surface area contributed by atoms with Gasteiger partial charge in [-0.15, -0.1) is 0 Å². The number of amides is 1. The van der Waals surface area contributed by atoms with Crippen molar-refractivity contribution in [3.63, 3.8) is 0 Å². The Morgan fingerprint density at radius 2 is 1.90 bits per heavy atom. The van der Waals surface area contributed by atoms with Crippen LogP contribution in [0.5, 0.6) is 0 Å². The quantitative estimate of drug-likeness (QED) is 0.619. The number of esters is 1. The number of halogens is 2. The molecule has 0 spiro atoms. The molecule has 0 bridgehead atoms. The molecule has 0 saturated heterocycles. The van der Waals surface area contributed by atoms with Gasteiger partial charge in [-0.1, -0.05) is 0 Å². The predicted octanol–water partition coefficient (Wildman–Crippen LogP) is 1.45. The number of Topliss-reactive ketones (excluding diaryl/α,β-unsaturated/α-hetero) is 1. The van der Waals surface area contributed by atoms with Crippen molar-refractivity contribution in [3.8, 4) is 0 Å². The van der Waals surface area contributed by atoms with Gasteiger partial charge in [0.05, 0.1) is 18.4 Å². The standard InChI is InChI=1S/C13H11F2NO4/c1-20-9(17)3-2-6-16-11-8(15)5-4-7(14)10(11)12(18)13(16)19/h4-5H,2-3,6H2,1H3. The molecular weight excluding hydrogens is 272 g/mol. The van der Waals surface area contributed by atoms with Crippen LogP contribution in [0.1, 0.15) is 23.2 Å². The monoisotopic (exact) mass is 283 g/mol. The molecule has 0 aliphatic carbocycles. The van der Waals surface area contributed by atoms with E-state index in [0.717, 1.165) is 17.0 Å². The van der Waals surface area contributed by atoms with Crippen LogP contribution >= 0.6 is 0 Å². The molecule has 106 valence electrons. The second-order valence-electron chi connectivity index (χ2n) is 4.22. The van der Waals surface area contributed by atoms with Crippen LogP contribution in [-0.4, -0.2) is 31.3 Å². The van der Waals surface area contributed by atoms with Gasteiger partial charge in [0, 0.05) is 13.0 Å². The number of hydrogen-bond acceptors (Lipinski definition) is 4. The minimum absolute atomic E-state index is 0.0146. The summed E-state index contributed by atoms with van der Waals surface area (Å²) in [5.41, 5.74) is -0.905. The molecule has 0 saturated carbocycles. The number of anilines is 1.